The van der Waals surface area contributed by atoms with E-state index in [-0.39, 0.29) is 18.6 Å². The van der Waals surface area contributed by atoms with Crippen molar-refractivity contribution < 1.29 is 19.1 Å². The van der Waals surface area contributed by atoms with Gasteiger partial charge < -0.3 is 9.47 Å². The maximum absolute atomic E-state index is 12.3. The summed E-state index contributed by atoms with van der Waals surface area (Å²) in [7, 11) is 0. The number of allylic oxidation sites excluding steroid dienone is 1. The summed E-state index contributed by atoms with van der Waals surface area (Å²) in [5.74, 6) is -0.999. The second kappa shape index (κ2) is 5.76. The van der Waals surface area contributed by atoms with Crippen molar-refractivity contribution >= 4 is 11.9 Å². The molecule has 0 unspecified atom stereocenters. The molecule has 0 saturated heterocycles. The summed E-state index contributed by atoms with van der Waals surface area (Å²) in [4.78, 5) is 24.6. The van der Waals surface area contributed by atoms with Gasteiger partial charge in [-0.15, -0.1) is 0 Å². The molecule has 0 aromatic rings. The molecule has 0 heterocycles. The van der Waals surface area contributed by atoms with Crippen molar-refractivity contribution in [2.75, 3.05) is 13.2 Å². The fourth-order valence-corrected chi connectivity index (χ4v) is 2.96. The zero-order valence-corrected chi connectivity index (χ0v) is 12.5. The van der Waals surface area contributed by atoms with Crippen LogP contribution in [0.15, 0.2) is 11.6 Å². The Bertz CT molecular complexity index is 375. The van der Waals surface area contributed by atoms with Crippen molar-refractivity contribution in [1.29, 1.82) is 0 Å². The fourth-order valence-electron chi connectivity index (χ4n) is 2.96. The third-order valence-electron chi connectivity index (χ3n) is 3.29. The standard InChI is InChI=1S/C15H24O4/c1-6-18-12(16)15(13(17)19-7-2)9-11(3)8-14(4,5)10-15/h9H,6-8,10H2,1-5H3. The van der Waals surface area contributed by atoms with E-state index in [2.05, 4.69) is 13.8 Å². The summed E-state index contributed by atoms with van der Waals surface area (Å²) in [6, 6.07) is 0. The Balaban J connectivity index is 3.22. The van der Waals surface area contributed by atoms with E-state index in [4.69, 9.17) is 9.47 Å². The van der Waals surface area contributed by atoms with E-state index in [9.17, 15) is 9.59 Å². The van der Waals surface area contributed by atoms with Gasteiger partial charge in [-0.1, -0.05) is 25.5 Å². The van der Waals surface area contributed by atoms with Gasteiger partial charge in [0, 0.05) is 0 Å². The van der Waals surface area contributed by atoms with E-state index >= 15 is 0 Å². The third-order valence-corrected chi connectivity index (χ3v) is 3.29. The second-order valence-corrected chi connectivity index (χ2v) is 5.92. The molecule has 4 nitrogen and oxygen atoms in total. The summed E-state index contributed by atoms with van der Waals surface area (Å²) in [5, 5.41) is 0. The monoisotopic (exact) mass is 268 g/mol. The molecule has 1 rings (SSSR count). The van der Waals surface area contributed by atoms with Gasteiger partial charge in [0.2, 0.25) is 0 Å². The first-order valence-electron chi connectivity index (χ1n) is 6.80. The molecule has 0 aromatic heterocycles. The number of ether oxygens (including phenoxy) is 2. The second-order valence-electron chi connectivity index (χ2n) is 5.92. The normalized spacial score (nSPS) is 20.4. The highest BCUT2D eigenvalue weighted by Crippen LogP contribution is 2.46. The lowest BCUT2D eigenvalue weighted by Gasteiger charge is -2.39. The van der Waals surface area contributed by atoms with Gasteiger partial charge in [-0.05, 0) is 39.0 Å². The Hall–Kier alpha value is -1.32. The Morgan fingerprint density at radius 3 is 2.00 bits per heavy atom. The number of hydrogen-bond acceptors (Lipinski definition) is 4. The smallest absolute Gasteiger partial charge is 0.327 e. The lowest BCUT2D eigenvalue weighted by molar-refractivity contribution is -0.171. The van der Waals surface area contributed by atoms with Crippen LogP contribution in [0.5, 0.6) is 0 Å². The lowest BCUT2D eigenvalue weighted by atomic mass is 9.65. The van der Waals surface area contributed by atoms with E-state index in [0.29, 0.717) is 6.42 Å². The predicted octanol–water partition coefficient (Wildman–Crippen LogP) is 2.87. The highest BCUT2D eigenvalue weighted by Gasteiger charge is 2.52. The average Bonchev–Trinajstić information content (AvgIpc) is 2.26. The number of hydrogen-bond donors (Lipinski definition) is 0. The zero-order valence-electron chi connectivity index (χ0n) is 12.5. The minimum atomic E-state index is -1.28. The van der Waals surface area contributed by atoms with Crippen molar-refractivity contribution in [1.82, 2.24) is 0 Å². The van der Waals surface area contributed by atoms with Crippen LogP contribution in [-0.4, -0.2) is 25.2 Å². The quantitative estimate of drug-likeness (QED) is 0.447. The van der Waals surface area contributed by atoms with E-state index in [1.807, 2.05) is 6.92 Å². The fraction of sp³-hybridized carbons (Fsp3) is 0.733. The number of carbonyl (C=O) groups excluding carboxylic acids is 2. The summed E-state index contributed by atoms with van der Waals surface area (Å²) < 4.78 is 10.2. The van der Waals surface area contributed by atoms with Crippen LogP contribution < -0.4 is 0 Å². The van der Waals surface area contributed by atoms with Gasteiger partial charge >= 0.3 is 11.9 Å². The molecule has 0 radical (unpaired) electrons. The van der Waals surface area contributed by atoms with Gasteiger partial charge in [-0.3, -0.25) is 9.59 Å². The largest absolute Gasteiger partial charge is 0.465 e. The van der Waals surface area contributed by atoms with Crippen LogP contribution in [0.3, 0.4) is 0 Å². The van der Waals surface area contributed by atoms with E-state index in [0.717, 1.165) is 12.0 Å². The molecular formula is C15H24O4. The molecule has 108 valence electrons. The van der Waals surface area contributed by atoms with Gasteiger partial charge in [0.05, 0.1) is 13.2 Å². The van der Waals surface area contributed by atoms with Crippen LogP contribution in [0, 0.1) is 10.8 Å². The Kier molecular flexibility index (Phi) is 4.77. The first-order chi connectivity index (χ1) is 8.77. The maximum atomic E-state index is 12.3. The first kappa shape index (κ1) is 15.7. The average molecular weight is 268 g/mol. The number of rotatable bonds is 4. The van der Waals surface area contributed by atoms with Crippen LogP contribution in [-0.2, 0) is 19.1 Å². The van der Waals surface area contributed by atoms with Crippen molar-refractivity contribution in [2.24, 2.45) is 10.8 Å². The van der Waals surface area contributed by atoms with Gasteiger partial charge in [0.25, 0.3) is 0 Å². The molecule has 0 atom stereocenters. The van der Waals surface area contributed by atoms with Crippen LogP contribution in [0.25, 0.3) is 0 Å². The molecule has 0 aromatic carbocycles. The van der Waals surface area contributed by atoms with Gasteiger partial charge in [-0.2, -0.15) is 0 Å². The molecule has 0 saturated carbocycles. The van der Waals surface area contributed by atoms with Gasteiger partial charge in [0.1, 0.15) is 0 Å². The summed E-state index contributed by atoms with van der Waals surface area (Å²) >= 11 is 0. The SMILES string of the molecule is CCOC(=O)C1(C(=O)OCC)C=C(C)CC(C)(C)C1. The van der Waals surface area contributed by atoms with Gasteiger partial charge in [0.15, 0.2) is 5.41 Å². The summed E-state index contributed by atoms with van der Waals surface area (Å²) in [6.07, 6.45) is 3.02. The van der Waals surface area contributed by atoms with Crippen LogP contribution in [0.4, 0.5) is 0 Å². The van der Waals surface area contributed by atoms with E-state index in [1.165, 1.54) is 0 Å². The topological polar surface area (TPSA) is 52.6 Å². The molecule has 1 aliphatic carbocycles. The molecule has 0 fully saturated rings. The Morgan fingerprint density at radius 1 is 1.16 bits per heavy atom. The van der Waals surface area contributed by atoms with E-state index < -0.39 is 17.4 Å². The minimum Gasteiger partial charge on any atom is -0.465 e. The van der Waals surface area contributed by atoms with Crippen LogP contribution >= 0.6 is 0 Å². The first-order valence-corrected chi connectivity index (χ1v) is 6.80. The summed E-state index contributed by atoms with van der Waals surface area (Å²) in [5.41, 5.74) is -0.381. The van der Waals surface area contributed by atoms with Crippen molar-refractivity contribution in [2.45, 2.75) is 47.5 Å². The molecule has 1 aliphatic rings. The molecule has 4 heteroatoms. The summed E-state index contributed by atoms with van der Waals surface area (Å²) in [6.45, 7) is 10.0. The minimum absolute atomic E-state index is 0.127. The molecule has 19 heavy (non-hydrogen) atoms. The van der Waals surface area contributed by atoms with Crippen molar-refractivity contribution in [3.63, 3.8) is 0 Å². The third kappa shape index (κ3) is 3.37. The molecular weight excluding hydrogens is 244 g/mol. The highest BCUT2D eigenvalue weighted by atomic mass is 16.6. The lowest BCUT2D eigenvalue weighted by Crippen LogP contribution is -2.46. The Morgan fingerprint density at radius 2 is 1.63 bits per heavy atom. The predicted molar refractivity (Wildman–Crippen MR) is 72.5 cm³/mol. The number of esters is 2. The number of carbonyl (C=O) groups is 2. The molecule has 0 aliphatic heterocycles. The van der Waals surface area contributed by atoms with Crippen molar-refractivity contribution in [3.8, 4) is 0 Å². The van der Waals surface area contributed by atoms with Crippen molar-refractivity contribution in [3.05, 3.63) is 11.6 Å². The van der Waals surface area contributed by atoms with E-state index in [1.54, 1.807) is 19.9 Å². The van der Waals surface area contributed by atoms with Gasteiger partial charge in [-0.25, -0.2) is 0 Å². The molecule has 0 amide bonds. The molecule has 0 bridgehead atoms. The molecule has 0 spiro atoms. The Labute approximate surface area is 115 Å². The van der Waals surface area contributed by atoms with Crippen LogP contribution in [0.2, 0.25) is 0 Å². The zero-order chi connectivity index (χ0) is 14.7. The molecule has 0 N–H and O–H groups in total. The highest BCUT2D eigenvalue weighted by molar-refractivity contribution is 6.02. The van der Waals surface area contributed by atoms with Crippen LogP contribution in [0.1, 0.15) is 47.5 Å². The maximum Gasteiger partial charge on any atom is 0.327 e.